The van der Waals surface area contributed by atoms with Crippen molar-refractivity contribution >= 4 is 11.6 Å². The van der Waals surface area contributed by atoms with Gasteiger partial charge in [0.25, 0.3) is 0 Å². The maximum absolute atomic E-state index is 13.9. The summed E-state index contributed by atoms with van der Waals surface area (Å²) in [4.78, 5) is 0. The van der Waals surface area contributed by atoms with Crippen LogP contribution in [0.4, 0.5) is 35.1 Å². The molecular formula is C21H18ClF8N5O2. The molecule has 1 aliphatic carbocycles. The fraction of sp³-hybridized carbons (Fsp3) is 0.429. The molecule has 16 heteroatoms. The number of rotatable bonds is 8. The Kier molecular flexibility index (Phi) is 6.92. The van der Waals surface area contributed by atoms with E-state index in [4.69, 9.17) is 11.6 Å². The average molecular weight is 560 g/mol. The third-order valence-electron chi connectivity index (χ3n) is 5.47. The monoisotopic (exact) mass is 559 g/mol. The van der Waals surface area contributed by atoms with E-state index >= 15 is 0 Å². The molecule has 2 N–H and O–H groups in total. The van der Waals surface area contributed by atoms with Gasteiger partial charge in [0.15, 0.2) is 18.0 Å². The molecule has 37 heavy (non-hydrogen) atoms. The molecule has 1 aromatic carbocycles. The zero-order valence-electron chi connectivity index (χ0n) is 18.7. The van der Waals surface area contributed by atoms with Crippen molar-refractivity contribution < 1.29 is 45.0 Å². The highest BCUT2D eigenvalue weighted by atomic mass is 35.5. The number of aliphatic hydroxyl groups is 1. The minimum atomic E-state index is -6.03. The molecule has 1 atom stereocenters. The Hall–Kier alpha value is -2.91. The minimum absolute atomic E-state index is 0.149. The second-order valence-corrected chi connectivity index (χ2v) is 8.78. The molecule has 2 aromatic heterocycles. The highest BCUT2D eigenvalue weighted by Crippen LogP contribution is 2.42. The van der Waals surface area contributed by atoms with Crippen LogP contribution in [0.2, 0.25) is 5.02 Å². The second kappa shape index (κ2) is 9.44. The van der Waals surface area contributed by atoms with Gasteiger partial charge in [-0.2, -0.15) is 40.2 Å². The van der Waals surface area contributed by atoms with Gasteiger partial charge < -0.3 is 9.84 Å². The SMILES string of the molecule is Cn1nc(OCC(F)(F)C(F)(F)F)c(C(F)(F)F)c1-n1cc(-c2ccc(Cl)c(C(O)NC3CC3)c2)cn1. The van der Waals surface area contributed by atoms with Crippen molar-refractivity contribution in [2.24, 2.45) is 7.05 Å². The first-order chi connectivity index (χ1) is 17.1. The first kappa shape index (κ1) is 27.1. The number of nitrogens with one attached hydrogen (secondary N) is 1. The Bertz CT molecular complexity index is 1280. The molecule has 0 amide bonds. The Morgan fingerprint density at radius 2 is 1.81 bits per heavy atom. The quantitative estimate of drug-likeness (QED) is 0.291. The van der Waals surface area contributed by atoms with E-state index in [0.29, 0.717) is 15.8 Å². The molecule has 2 heterocycles. The number of hydrogen-bond acceptors (Lipinski definition) is 5. The van der Waals surface area contributed by atoms with Crippen LogP contribution in [0.5, 0.6) is 5.88 Å². The third-order valence-corrected chi connectivity index (χ3v) is 5.81. The van der Waals surface area contributed by atoms with Crippen LogP contribution in [0.1, 0.15) is 30.2 Å². The van der Waals surface area contributed by atoms with Gasteiger partial charge in [-0.05, 0) is 30.5 Å². The number of aliphatic hydroxyl groups excluding tert-OH is 1. The standard InChI is InChI=1S/C21H18ClF8N5O2/c1-34-18(15(20(25,26)27)17(33-34)37-9-19(23,24)21(28,29)30)35-8-11(7-31-35)10-2-5-14(22)13(6-10)16(36)32-12-3-4-12/h2,5-8,12,16,32,36H,3-4,9H2,1H3. The molecule has 1 aliphatic rings. The van der Waals surface area contributed by atoms with Crippen molar-refractivity contribution in [2.75, 3.05) is 6.61 Å². The highest BCUT2D eigenvalue weighted by molar-refractivity contribution is 6.31. The van der Waals surface area contributed by atoms with Crippen molar-refractivity contribution in [3.05, 3.63) is 46.7 Å². The molecule has 1 saturated carbocycles. The van der Waals surface area contributed by atoms with Crippen molar-refractivity contribution in [1.29, 1.82) is 0 Å². The average Bonchev–Trinajstić information content (AvgIpc) is 3.33. The molecule has 0 bridgehead atoms. The Morgan fingerprint density at radius 1 is 1.14 bits per heavy atom. The lowest BCUT2D eigenvalue weighted by Crippen LogP contribution is -2.42. The maximum Gasteiger partial charge on any atom is 0.456 e. The van der Waals surface area contributed by atoms with Gasteiger partial charge in [-0.1, -0.05) is 17.7 Å². The van der Waals surface area contributed by atoms with Gasteiger partial charge in [-0.25, -0.2) is 9.36 Å². The lowest BCUT2D eigenvalue weighted by molar-refractivity contribution is -0.290. The molecule has 7 nitrogen and oxygen atoms in total. The van der Waals surface area contributed by atoms with E-state index in [9.17, 15) is 40.2 Å². The third kappa shape index (κ3) is 5.67. The van der Waals surface area contributed by atoms with E-state index in [-0.39, 0.29) is 16.6 Å². The molecule has 0 spiro atoms. The summed E-state index contributed by atoms with van der Waals surface area (Å²) in [6.07, 6.45) is -8.21. The van der Waals surface area contributed by atoms with E-state index in [1.165, 1.54) is 18.3 Å². The number of aromatic nitrogens is 4. The zero-order valence-corrected chi connectivity index (χ0v) is 19.5. The first-order valence-electron chi connectivity index (χ1n) is 10.6. The summed E-state index contributed by atoms with van der Waals surface area (Å²) < 4.78 is 111. The van der Waals surface area contributed by atoms with Crippen LogP contribution in [0.3, 0.4) is 0 Å². The molecule has 0 radical (unpaired) electrons. The van der Waals surface area contributed by atoms with E-state index in [1.807, 2.05) is 0 Å². The van der Waals surface area contributed by atoms with Crippen LogP contribution in [0.25, 0.3) is 16.9 Å². The lowest BCUT2D eigenvalue weighted by Gasteiger charge is -2.19. The van der Waals surface area contributed by atoms with E-state index < -0.39 is 48.4 Å². The van der Waals surface area contributed by atoms with Crippen LogP contribution in [0, 0.1) is 0 Å². The molecular weight excluding hydrogens is 542 g/mol. The van der Waals surface area contributed by atoms with Gasteiger partial charge in [0.1, 0.15) is 6.23 Å². The number of nitrogens with zero attached hydrogens (tertiary/aromatic N) is 4. The number of hydrogen-bond donors (Lipinski definition) is 2. The van der Waals surface area contributed by atoms with Crippen molar-refractivity contribution in [3.63, 3.8) is 0 Å². The summed E-state index contributed by atoms with van der Waals surface area (Å²) in [5.74, 6) is -7.65. The van der Waals surface area contributed by atoms with Gasteiger partial charge in [-0.3, -0.25) is 5.32 Å². The van der Waals surface area contributed by atoms with Gasteiger partial charge in [-0.15, -0.1) is 5.10 Å². The summed E-state index contributed by atoms with van der Waals surface area (Å²) >= 11 is 6.17. The lowest BCUT2D eigenvalue weighted by atomic mass is 10.1. The zero-order chi connectivity index (χ0) is 27.3. The largest absolute Gasteiger partial charge is 0.469 e. The predicted octanol–water partition coefficient (Wildman–Crippen LogP) is 5.26. The van der Waals surface area contributed by atoms with Crippen LogP contribution in [-0.4, -0.2) is 49.4 Å². The molecule has 1 unspecified atom stereocenters. The van der Waals surface area contributed by atoms with Crippen LogP contribution >= 0.6 is 11.6 Å². The van der Waals surface area contributed by atoms with Crippen LogP contribution in [-0.2, 0) is 13.2 Å². The van der Waals surface area contributed by atoms with Gasteiger partial charge in [0, 0.05) is 35.4 Å². The number of alkyl halides is 8. The van der Waals surface area contributed by atoms with E-state index in [0.717, 1.165) is 30.8 Å². The first-order valence-corrected chi connectivity index (χ1v) is 11.0. The van der Waals surface area contributed by atoms with E-state index in [1.54, 1.807) is 6.07 Å². The maximum atomic E-state index is 13.9. The van der Waals surface area contributed by atoms with Crippen LogP contribution in [0.15, 0.2) is 30.6 Å². The minimum Gasteiger partial charge on any atom is -0.469 e. The fourth-order valence-electron chi connectivity index (χ4n) is 3.43. The van der Waals surface area contributed by atoms with Crippen molar-refractivity contribution in [2.45, 2.75) is 43.4 Å². The normalized spacial score (nSPS) is 15.8. The summed E-state index contributed by atoms with van der Waals surface area (Å²) in [5, 5.41) is 20.8. The number of aryl methyl sites for hydroxylation is 1. The summed E-state index contributed by atoms with van der Waals surface area (Å²) in [7, 11) is 1.01. The number of halogens is 9. The smallest absolute Gasteiger partial charge is 0.456 e. The predicted molar refractivity (Wildman–Crippen MR) is 113 cm³/mol. The molecule has 3 aromatic rings. The molecule has 0 saturated heterocycles. The Balaban J connectivity index is 1.67. The summed E-state index contributed by atoms with van der Waals surface area (Å²) in [5.41, 5.74) is -0.642. The highest BCUT2D eigenvalue weighted by Gasteiger charge is 2.58. The van der Waals surface area contributed by atoms with Crippen LogP contribution < -0.4 is 10.1 Å². The second-order valence-electron chi connectivity index (χ2n) is 8.37. The Morgan fingerprint density at radius 3 is 2.41 bits per heavy atom. The van der Waals surface area contributed by atoms with E-state index in [2.05, 4.69) is 20.3 Å². The fourth-order valence-corrected chi connectivity index (χ4v) is 3.65. The molecule has 1 fully saturated rings. The summed E-state index contributed by atoms with van der Waals surface area (Å²) in [6, 6.07) is 4.69. The van der Waals surface area contributed by atoms with Crippen molar-refractivity contribution in [3.8, 4) is 22.8 Å². The van der Waals surface area contributed by atoms with Gasteiger partial charge in [0.2, 0.25) is 5.88 Å². The molecule has 202 valence electrons. The number of ether oxygens (including phenoxy) is 1. The van der Waals surface area contributed by atoms with Gasteiger partial charge in [0.05, 0.1) is 6.20 Å². The molecule has 0 aliphatic heterocycles. The van der Waals surface area contributed by atoms with Gasteiger partial charge >= 0.3 is 18.3 Å². The number of benzene rings is 1. The molecule has 4 rings (SSSR count). The summed E-state index contributed by atoms with van der Waals surface area (Å²) in [6.45, 7) is -2.40. The Labute approximate surface area is 208 Å². The van der Waals surface area contributed by atoms with Crippen molar-refractivity contribution in [1.82, 2.24) is 24.9 Å². The topological polar surface area (TPSA) is 77.1 Å².